The highest BCUT2D eigenvalue weighted by atomic mass is 32.2. The van der Waals surface area contributed by atoms with E-state index in [2.05, 4.69) is 18.5 Å². The first-order valence-electron chi connectivity index (χ1n) is 6.05. The van der Waals surface area contributed by atoms with E-state index < -0.39 is 10.0 Å². The molecule has 0 saturated heterocycles. The number of aromatic nitrogens is 2. The van der Waals surface area contributed by atoms with Crippen molar-refractivity contribution in [3.05, 3.63) is 30.6 Å². The molecule has 2 aromatic rings. The van der Waals surface area contributed by atoms with Gasteiger partial charge in [-0.3, -0.25) is 4.68 Å². The van der Waals surface area contributed by atoms with Crippen LogP contribution < -0.4 is 10.5 Å². The van der Waals surface area contributed by atoms with Crippen molar-refractivity contribution >= 4 is 38.4 Å². The zero-order chi connectivity index (χ0) is 14.9. The number of anilines is 1. The summed E-state index contributed by atoms with van der Waals surface area (Å²) in [5.41, 5.74) is 7.04. The number of sulfonamides is 1. The first-order chi connectivity index (χ1) is 10.1. The normalized spacial score (nSPS) is 13.1. The first-order valence-corrected chi connectivity index (χ1v) is 8.26. The molecular formula is C11H12N6O2S2. The molecule has 110 valence electrons. The number of nitrogens with two attached hydrogens (primary N) is 1. The van der Waals surface area contributed by atoms with Crippen LogP contribution in [0.1, 0.15) is 0 Å². The summed E-state index contributed by atoms with van der Waals surface area (Å²) in [7, 11) is -3.64. The van der Waals surface area contributed by atoms with Crippen LogP contribution in [0.15, 0.2) is 44.2 Å². The molecule has 1 aromatic carbocycles. The van der Waals surface area contributed by atoms with Crippen molar-refractivity contribution < 1.29 is 8.42 Å². The van der Waals surface area contributed by atoms with Crippen molar-refractivity contribution in [3.8, 4) is 0 Å². The Bertz CT molecular complexity index is 851. The lowest BCUT2D eigenvalue weighted by Gasteiger charge is -2.08. The van der Waals surface area contributed by atoms with Crippen LogP contribution in [-0.4, -0.2) is 24.7 Å². The van der Waals surface area contributed by atoms with E-state index in [0.717, 1.165) is 11.4 Å². The van der Waals surface area contributed by atoms with Crippen LogP contribution in [0.2, 0.25) is 0 Å². The molecule has 0 unspecified atom stereocenters. The van der Waals surface area contributed by atoms with Crippen molar-refractivity contribution in [1.29, 1.82) is 0 Å². The fourth-order valence-corrected chi connectivity index (χ4v) is 3.66. The van der Waals surface area contributed by atoms with Crippen LogP contribution in [0.5, 0.6) is 0 Å². The number of rotatable bonds is 5. The van der Waals surface area contributed by atoms with Crippen LogP contribution in [0.4, 0.5) is 17.1 Å². The highest BCUT2D eigenvalue weighted by Gasteiger charge is 2.21. The van der Waals surface area contributed by atoms with E-state index in [1.54, 1.807) is 23.0 Å². The first kappa shape index (κ1) is 13.9. The summed E-state index contributed by atoms with van der Waals surface area (Å²) in [5, 5.41) is 3.99. The highest BCUT2D eigenvalue weighted by molar-refractivity contribution is 7.89. The SMILES string of the molecule is Nc1cnn(CCNS(=O)(=O)c2cccc3c2N=S=N3)c1. The predicted molar refractivity (Wildman–Crippen MR) is 79.8 cm³/mol. The van der Waals surface area contributed by atoms with Crippen LogP contribution in [-0.2, 0) is 27.9 Å². The monoisotopic (exact) mass is 324 g/mol. The molecule has 3 N–H and O–H groups in total. The third-order valence-electron chi connectivity index (χ3n) is 2.82. The van der Waals surface area contributed by atoms with E-state index in [1.165, 1.54) is 12.3 Å². The fraction of sp³-hybridized carbons (Fsp3) is 0.182. The molecule has 3 rings (SSSR count). The van der Waals surface area contributed by atoms with Crippen LogP contribution in [0.3, 0.4) is 0 Å². The number of fused-ring (bicyclic) bond motifs is 1. The second kappa shape index (κ2) is 5.39. The summed E-state index contributed by atoms with van der Waals surface area (Å²) in [6, 6.07) is 4.88. The molecule has 0 radical (unpaired) electrons. The van der Waals surface area contributed by atoms with Gasteiger partial charge in [0.1, 0.15) is 16.3 Å². The fourth-order valence-electron chi connectivity index (χ4n) is 1.87. The molecule has 0 fully saturated rings. The quantitative estimate of drug-likeness (QED) is 0.733. The molecule has 0 aliphatic carbocycles. The number of hydrogen-bond donors (Lipinski definition) is 2. The standard InChI is InChI=1S/C11H12N6O2S2/c12-8-6-13-17(7-8)5-4-14-21(18,19)10-3-1-2-9-11(10)16-20-15-9/h1-3,6-7,14H,4-5,12H2. The van der Waals surface area contributed by atoms with E-state index in [-0.39, 0.29) is 11.4 Å². The van der Waals surface area contributed by atoms with Crippen molar-refractivity contribution in [2.24, 2.45) is 8.73 Å². The molecular weight excluding hydrogens is 312 g/mol. The number of hydrogen-bond acceptors (Lipinski definition) is 6. The van der Waals surface area contributed by atoms with Gasteiger partial charge < -0.3 is 5.73 Å². The molecule has 1 aliphatic rings. The third kappa shape index (κ3) is 2.86. The average molecular weight is 324 g/mol. The van der Waals surface area contributed by atoms with Gasteiger partial charge in [0, 0.05) is 12.7 Å². The molecule has 0 amide bonds. The molecule has 1 aromatic heterocycles. The Balaban J connectivity index is 1.73. The summed E-state index contributed by atoms with van der Waals surface area (Å²) in [5.74, 6) is 0. The van der Waals surface area contributed by atoms with Crippen molar-refractivity contribution in [2.45, 2.75) is 11.4 Å². The van der Waals surface area contributed by atoms with E-state index in [4.69, 9.17) is 5.73 Å². The lowest BCUT2D eigenvalue weighted by Crippen LogP contribution is -2.27. The second-order valence-corrected chi connectivity index (χ2v) is 6.59. The summed E-state index contributed by atoms with van der Waals surface area (Å²) < 4.78 is 36.8. The lowest BCUT2D eigenvalue weighted by atomic mass is 10.3. The van der Waals surface area contributed by atoms with Gasteiger partial charge in [-0.25, -0.2) is 13.1 Å². The highest BCUT2D eigenvalue weighted by Crippen LogP contribution is 2.37. The Morgan fingerprint density at radius 1 is 1.33 bits per heavy atom. The molecule has 2 heterocycles. The van der Waals surface area contributed by atoms with Gasteiger partial charge in [0.2, 0.25) is 10.0 Å². The van der Waals surface area contributed by atoms with Gasteiger partial charge >= 0.3 is 0 Å². The topological polar surface area (TPSA) is 115 Å². The molecule has 8 nitrogen and oxygen atoms in total. The van der Waals surface area contributed by atoms with Gasteiger partial charge in [0.05, 0.1) is 29.8 Å². The van der Waals surface area contributed by atoms with E-state index in [9.17, 15) is 8.42 Å². The molecule has 0 atom stereocenters. The average Bonchev–Trinajstić information content (AvgIpc) is 3.06. The van der Waals surface area contributed by atoms with Gasteiger partial charge in [-0.1, -0.05) is 6.07 Å². The van der Waals surface area contributed by atoms with Gasteiger partial charge in [-0.2, -0.15) is 13.8 Å². The molecule has 10 heteroatoms. The van der Waals surface area contributed by atoms with Crippen LogP contribution in [0.25, 0.3) is 0 Å². The minimum Gasteiger partial charge on any atom is -0.396 e. The van der Waals surface area contributed by atoms with Crippen LogP contribution in [0, 0.1) is 0 Å². The second-order valence-electron chi connectivity index (χ2n) is 4.32. The Morgan fingerprint density at radius 3 is 2.95 bits per heavy atom. The van der Waals surface area contributed by atoms with Crippen molar-refractivity contribution in [1.82, 2.24) is 14.5 Å². The molecule has 1 aliphatic heterocycles. The maximum Gasteiger partial charge on any atom is 0.242 e. The number of benzene rings is 1. The summed E-state index contributed by atoms with van der Waals surface area (Å²) in [6.45, 7) is 0.596. The number of nitrogen functional groups attached to an aromatic ring is 1. The van der Waals surface area contributed by atoms with Crippen LogP contribution >= 0.6 is 0 Å². The van der Waals surface area contributed by atoms with E-state index in [1.807, 2.05) is 0 Å². The molecule has 0 bridgehead atoms. The van der Waals surface area contributed by atoms with Gasteiger partial charge in [0.25, 0.3) is 0 Å². The maximum atomic E-state index is 12.3. The Labute approximate surface area is 124 Å². The molecule has 0 saturated carbocycles. The Morgan fingerprint density at radius 2 is 2.19 bits per heavy atom. The van der Waals surface area contributed by atoms with Gasteiger partial charge in [-0.15, -0.1) is 0 Å². The minimum absolute atomic E-state index is 0.133. The largest absolute Gasteiger partial charge is 0.396 e. The van der Waals surface area contributed by atoms with E-state index in [0.29, 0.717) is 23.6 Å². The summed E-state index contributed by atoms with van der Waals surface area (Å²) >= 11 is 0.986. The number of nitrogens with one attached hydrogen (secondary N) is 1. The van der Waals surface area contributed by atoms with E-state index >= 15 is 0 Å². The van der Waals surface area contributed by atoms with Crippen molar-refractivity contribution in [3.63, 3.8) is 0 Å². The third-order valence-corrected chi connectivity index (χ3v) is 4.86. The van der Waals surface area contributed by atoms with Gasteiger partial charge in [0.15, 0.2) is 0 Å². The van der Waals surface area contributed by atoms with Crippen molar-refractivity contribution in [2.75, 3.05) is 12.3 Å². The zero-order valence-corrected chi connectivity index (χ0v) is 12.4. The minimum atomic E-state index is -3.64. The Hall–Kier alpha value is -2.04. The summed E-state index contributed by atoms with van der Waals surface area (Å²) in [6.07, 6.45) is 3.15. The van der Waals surface area contributed by atoms with Gasteiger partial charge in [-0.05, 0) is 12.1 Å². The zero-order valence-electron chi connectivity index (χ0n) is 10.8. The smallest absolute Gasteiger partial charge is 0.242 e. The molecule has 21 heavy (non-hydrogen) atoms. The maximum absolute atomic E-state index is 12.3. The molecule has 0 spiro atoms. The Kier molecular flexibility index (Phi) is 3.57. The lowest BCUT2D eigenvalue weighted by molar-refractivity contribution is 0.561. The summed E-state index contributed by atoms with van der Waals surface area (Å²) in [4.78, 5) is 0.133. The number of nitrogens with zero attached hydrogens (tertiary/aromatic N) is 4. The predicted octanol–water partition coefficient (Wildman–Crippen LogP) is 1.17.